The van der Waals surface area contributed by atoms with Crippen molar-refractivity contribution in [2.45, 2.75) is 23.2 Å². The lowest BCUT2D eigenvalue weighted by molar-refractivity contribution is -0.139. The first-order valence-electron chi connectivity index (χ1n) is 6.32. The van der Waals surface area contributed by atoms with Gasteiger partial charge >= 0.3 is 5.97 Å². The molecule has 5 heteroatoms. The Kier molecular flexibility index (Phi) is 5.64. The summed E-state index contributed by atoms with van der Waals surface area (Å²) in [6.07, 6.45) is 2.54. The maximum atomic E-state index is 11.3. The average Bonchev–Trinajstić information content (AvgIpc) is 2.92. The van der Waals surface area contributed by atoms with E-state index in [0.29, 0.717) is 13.0 Å². The molecule has 1 aromatic heterocycles. The minimum Gasteiger partial charge on any atom is -0.480 e. The van der Waals surface area contributed by atoms with Gasteiger partial charge in [0, 0.05) is 11.4 Å². The molecule has 0 aliphatic heterocycles. The van der Waals surface area contributed by atoms with Crippen molar-refractivity contribution in [3.05, 3.63) is 52.9 Å². The molecule has 0 saturated carbocycles. The summed E-state index contributed by atoms with van der Waals surface area (Å²) in [6.45, 7) is 0.592. The Morgan fingerprint density at radius 3 is 2.65 bits per heavy atom. The van der Waals surface area contributed by atoms with E-state index in [2.05, 4.69) is 11.4 Å². The molecule has 0 fully saturated rings. The van der Waals surface area contributed by atoms with Crippen molar-refractivity contribution < 1.29 is 9.90 Å². The molecule has 0 bridgehead atoms. The van der Waals surface area contributed by atoms with Crippen LogP contribution in [0.2, 0.25) is 0 Å². The molecule has 0 amide bonds. The Bertz CT molecular complexity index is 554. The maximum Gasteiger partial charge on any atom is 0.321 e. The molecular formula is C15H17NO2S2. The highest BCUT2D eigenvalue weighted by Crippen LogP contribution is 2.25. The zero-order valence-corrected chi connectivity index (χ0v) is 12.8. The lowest BCUT2D eigenvalue weighted by Gasteiger charge is -2.13. The lowest BCUT2D eigenvalue weighted by atomic mass is 10.1. The molecule has 2 aromatic rings. The molecule has 2 N–H and O–H groups in total. The van der Waals surface area contributed by atoms with Gasteiger partial charge in [0.25, 0.3) is 0 Å². The number of benzene rings is 1. The van der Waals surface area contributed by atoms with E-state index >= 15 is 0 Å². The molecule has 106 valence electrons. The van der Waals surface area contributed by atoms with Crippen LogP contribution in [0, 0.1) is 0 Å². The Labute approximate surface area is 127 Å². The van der Waals surface area contributed by atoms with Crippen LogP contribution >= 0.6 is 23.1 Å². The number of hydrogen-bond donors (Lipinski definition) is 2. The van der Waals surface area contributed by atoms with E-state index in [1.165, 1.54) is 4.21 Å². The first kappa shape index (κ1) is 15.1. The molecule has 1 atom stereocenters. The van der Waals surface area contributed by atoms with Crippen LogP contribution in [0.3, 0.4) is 0 Å². The normalized spacial score (nSPS) is 12.2. The van der Waals surface area contributed by atoms with Gasteiger partial charge in [0.2, 0.25) is 0 Å². The van der Waals surface area contributed by atoms with Crippen LogP contribution in [0.25, 0.3) is 0 Å². The highest BCUT2D eigenvalue weighted by Gasteiger charge is 2.17. The average molecular weight is 307 g/mol. The SMILES string of the molecule is CSc1ccc(CN[C@H](Cc2ccccc2)C(=O)O)s1. The summed E-state index contributed by atoms with van der Waals surface area (Å²) >= 11 is 3.41. The number of thioether (sulfide) groups is 1. The molecule has 0 unspecified atom stereocenters. The third-order valence-corrected chi connectivity index (χ3v) is 5.11. The fourth-order valence-electron chi connectivity index (χ4n) is 1.88. The predicted molar refractivity (Wildman–Crippen MR) is 84.5 cm³/mol. The van der Waals surface area contributed by atoms with Crippen LogP contribution in [0.15, 0.2) is 46.7 Å². The van der Waals surface area contributed by atoms with Crippen molar-refractivity contribution in [1.29, 1.82) is 0 Å². The molecule has 0 aliphatic rings. The lowest BCUT2D eigenvalue weighted by Crippen LogP contribution is -2.37. The van der Waals surface area contributed by atoms with Crippen LogP contribution in [0.4, 0.5) is 0 Å². The summed E-state index contributed by atoms with van der Waals surface area (Å²) in [5.41, 5.74) is 1.03. The zero-order valence-electron chi connectivity index (χ0n) is 11.2. The second-order valence-electron chi connectivity index (χ2n) is 4.39. The van der Waals surface area contributed by atoms with Crippen LogP contribution in [-0.4, -0.2) is 23.4 Å². The van der Waals surface area contributed by atoms with Crippen molar-refractivity contribution in [2.75, 3.05) is 6.26 Å². The summed E-state index contributed by atoms with van der Waals surface area (Å²) in [4.78, 5) is 12.5. The minimum atomic E-state index is -0.810. The molecule has 1 heterocycles. The fourth-order valence-corrected chi connectivity index (χ4v) is 3.43. The molecule has 2 rings (SSSR count). The van der Waals surface area contributed by atoms with Gasteiger partial charge < -0.3 is 5.11 Å². The van der Waals surface area contributed by atoms with E-state index < -0.39 is 12.0 Å². The van der Waals surface area contributed by atoms with Crippen LogP contribution in [0.1, 0.15) is 10.4 Å². The molecule has 0 saturated heterocycles. The molecule has 3 nitrogen and oxygen atoms in total. The van der Waals surface area contributed by atoms with E-state index in [0.717, 1.165) is 10.4 Å². The summed E-state index contributed by atoms with van der Waals surface area (Å²) in [6, 6.07) is 13.3. The highest BCUT2D eigenvalue weighted by molar-refractivity contribution is 8.00. The number of nitrogens with one attached hydrogen (secondary N) is 1. The second-order valence-corrected chi connectivity index (χ2v) is 6.66. The number of thiophene rings is 1. The van der Waals surface area contributed by atoms with E-state index in [1.54, 1.807) is 23.1 Å². The van der Waals surface area contributed by atoms with Crippen LogP contribution in [0.5, 0.6) is 0 Å². The van der Waals surface area contributed by atoms with Gasteiger partial charge in [0.1, 0.15) is 6.04 Å². The van der Waals surface area contributed by atoms with Gasteiger partial charge in [-0.3, -0.25) is 10.1 Å². The summed E-state index contributed by atoms with van der Waals surface area (Å²) in [7, 11) is 0. The smallest absolute Gasteiger partial charge is 0.321 e. The van der Waals surface area contributed by atoms with Gasteiger partial charge in [-0.1, -0.05) is 30.3 Å². The van der Waals surface area contributed by atoms with Crippen molar-refractivity contribution in [3.8, 4) is 0 Å². The number of hydrogen-bond acceptors (Lipinski definition) is 4. The van der Waals surface area contributed by atoms with Gasteiger partial charge in [-0.15, -0.1) is 23.1 Å². The van der Waals surface area contributed by atoms with Crippen LogP contribution < -0.4 is 5.32 Å². The minimum absolute atomic E-state index is 0.497. The molecule has 0 radical (unpaired) electrons. The number of carboxylic acid groups (broad SMARTS) is 1. The fraction of sp³-hybridized carbons (Fsp3) is 0.267. The summed E-state index contributed by atoms with van der Waals surface area (Å²) in [5.74, 6) is -0.810. The monoisotopic (exact) mass is 307 g/mol. The maximum absolute atomic E-state index is 11.3. The first-order chi connectivity index (χ1) is 9.69. The number of rotatable bonds is 7. The molecule has 0 aliphatic carbocycles. The molecule has 0 spiro atoms. The number of aliphatic carboxylic acids is 1. The van der Waals surface area contributed by atoms with Gasteiger partial charge in [0.05, 0.1) is 4.21 Å². The Hall–Kier alpha value is -1.30. The number of carbonyl (C=O) groups is 1. The molecular weight excluding hydrogens is 290 g/mol. The van der Waals surface area contributed by atoms with E-state index in [4.69, 9.17) is 0 Å². The Balaban J connectivity index is 1.94. The van der Waals surface area contributed by atoms with Gasteiger partial charge in [0.15, 0.2) is 0 Å². The number of carboxylic acids is 1. The second kappa shape index (κ2) is 7.47. The molecule has 20 heavy (non-hydrogen) atoms. The van der Waals surface area contributed by atoms with E-state index in [9.17, 15) is 9.90 Å². The van der Waals surface area contributed by atoms with Gasteiger partial charge in [-0.05, 0) is 30.4 Å². The third kappa shape index (κ3) is 4.37. The summed E-state index contributed by atoms with van der Waals surface area (Å²) in [5, 5.41) is 12.4. The van der Waals surface area contributed by atoms with Crippen molar-refractivity contribution in [2.24, 2.45) is 0 Å². The van der Waals surface area contributed by atoms with E-state index in [-0.39, 0.29) is 0 Å². The largest absolute Gasteiger partial charge is 0.480 e. The summed E-state index contributed by atoms with van der Waals surface area (Å²) < 4.78 is 1.25. The van der Waals surface area contributed by atoms with Crippen LogP contribution in [-0.2, 0) is 17.8 Å². The highest BCUT2D eigenvalue weighted by atomic mass is 32.2. The van der Waals surface area contributed by atoms with Gasteiger partial charge in [-0.25, -0.2) is 0 Å². The van der Waals surface area contributed by atoms with Crippen molar-refractivity contribution >= 4 is 29.1 Å². The first-order valence-corrected chi connectivity index (χ1v) is 8.36. The van der Waals surface area contributed by atoms with Crippen molar-refractivity contribution in [3.63, 3.8) is 0 Å². The quantitative estimate of drug-likeness (QED) is 0.771. The zero-order chi connectivity index (χ0) is 14.4. The van der Waals surface area contributed by atoms with Crippen molar-refractivity contribution in [1.82, 2.24) is 5.32 Å². The third-order valence-electron chi connectivity index (χ3n) is 2.94. The predicted octanol–water partition coefficient (Wildman–Crippen LogP) is 3.26. The Morgan fingerprint density at radius 2 is 2.05 bits per heavy atom. The Morgan fingerprint density at radius 1 is 1.30 bits per heavy atom. The van der Waals surface area contributed by atoms with E-state index in [1.807, 2.05) is 42.7 Å². The van der Waals surface area contributed by atoms with Gasteiger partial charge in [-0.2, -0.15) is 0 Å². The molecule has 1 aromatic carbocycles. The standard InChI is InChI=1S/C15H17NO2S2/c1-19-14-8-7-12(20-14)10-16-13(15(17)18)9-11-5-3-2-4-6-11/h2-8,13,16H,9-10H2,1H3,(H,17,18)/t13-/m1/s1. The topological polar surface area (TPSA) is 49.3 Å².